The Balaban J connectivity index is 1.36. The zero-order valence-corrected chi connectivity index (χ0v) is 19.0. The smallest absolute Gasteiger partial charge is 0.252 e. The molecule has 4 rings (SSSR count). The monoisotopic (exact) mass is 489 g/mol. The minimum Gasteiger partial charge on any atom is -0.349 e. The standard InChI is InChI=1S/C23H25BrClN3O2/c24-21-7-2-1-6-20(21)23(30)27-17-12-18-4-3-5-19(13-17)28(18)14-22(29)26-16-10-8-15(25)9-11-16/h1-2,6-11,17-19H,3-5,12-14H2,(H,26,29)(H,27,30). The maximum absolute atomic E-state index is 12.7. The number of benzene rings is 2. The van der Waals surface area contributed by atoms with E-state index in [0.29, 0.717) is 29.2 Å². The number of carbonyl (C=O) groups excluding carboxylic acids is 2. The lowest BCUT2D eigenvalue weighted by Crippen LogP contribution is -2.58. The highest BCUT2D eigenvalue weighted by atomic mass is 79.9. The van der Waals surface area contributed by atoms with E-state index in [4.69, 9.17) is 11.6 Å². The van der Waals surface area contributed by atoms with E-state index in [0.717, 1.165) is 35.8 Å². The topological polar surface area (TPSA) is 61.4 Å². The van der Waals surface area contributed by atoms with Crippen molar-refractivity contribution < 1.29 is 9.59 Å². The summed E-state index contributed by atoms with van der Waals surface area (Å²) in [4.78, 5) is 27.7. The Labute approximate surface area is 190 Å². The molecule has 158 valence electrons. The van der Waals surface area contributed by atoms with Crippen molar-refractivity contribution in [3.8, 4) is 0 Å². The Bertz CT molecular complexity index is 907. The number of halogens is 2. The van der Waals surface area contributed by atoms with E-state index in [1.54, 1.807) is 12.1 Å². The maximum atomic E-state index is 12.7. The molecule has 0 radical (unpaired) electrons. The Kier molecular flexibility index (Phi) is 6.76. The molecule has 2 aliphatic heterocycles. The third kappa shape index (κ3) is 5.05. The van der Waals surface area contributed by atoms with E-state index >= 15 is 0 Å². The van der Waals surface area contributed by atoms with Crippen LogP contribution in [0.1, 0.15) is 42.5 Å². The average molecular weight is 491 g/mol. The van der Waals surface area contributed by atoms with Crippen LogP contribution in [0, 0.1) is 0 Å². The molecule has 2 saturated heterocycles. The van der Waals surface area contributed by atoms with E-state index in [-0.39, 0.29) is 17.9 Å². The Morgan fingerprint density at radius 2 is 1.70 bits per heavy atom. The lowest BCUT2D eigenvalue weighted by atomic mass is 9.81. The molecule has 2 aromatic rings. The summed E-state index contributed by atoms with van der Waals surface area (Å²) in [5.41, 5.74) is 1.41. The predicted octanol–water partition coefficient (Wildman–Crippen LogP) is 4.86. The molecule has 2 aromatic carbocycles. The second-order valence-electron chi connectivity index (χ2n) is 8.09. The van der Waals surface area contributed by atoms with Gasteiger partial charge in [0, 0.05) is 33.3 Å². The molecule has 0 spiro atoms. The number of rotatable bonds is 5. The molecule has 5 nitrogen and oxygen atoms in total. The van der Waals surface area contributed by atoms with Crippen molar-refractivity contribution in [2.24, 2.45) is 0 Å². The first-order valence-corrected chi connectivity index (χ1v) is 11.5. The van der Waals surface area contributed by atoms with Crippen LogP contribution >= 0.6 is 27.5 Å². The van der Waals surface area contributed by atoms with Gasteiger partial charge in [0.1, 0.15) is 0 Å². The molecule has 2 bridgehead atoms. The summed E-state index contributed by atoms with van der Waals surface area (Å²) >= 11 is 9.37. The van der Waals surface area contributed by atoms with Crippen LogP contribution in [0.3, 0.4) is 0 Å². The normalized spacial score (nSPS) is 23.6. The Hall–Kier alpha value is -1.89. The van der Waals surface area contributed by atoms with Crippen molar-refractivity contribution >= 4 is 45.0 Å². The van der Waals surface area contributed by atoms with Crippen molar-refractivity contribution in [1.82, 2.24) is 10.2 Å². The molecule has 0 aromatic heterocycles. The van der Waals surface area contributed by atoms with Crippen LogP contribution in [0.2, 0.25) is 5.02 Å². The fourth-order valence-corrected chi connectivity index (χ4v) is 5.25. The van der Waals surface area contributed by atoms with E-state index in [9.17, 15) is 9.59 Å². The lowest BCUT2D eigenvalue weighted by molar-refractivity contribution is -0.120. The first-order valence-electron chi connectivity index (χ1n) is 10.4. The number of hydrogen-bond donors (Lipinski definition) is 2. The zero-order chi connectivity index (χ0) is 21.1. The highest BCUT2D eigenvalue weighted by Crippen LogP contribution is 2.34. The van der Waals surface area contributed by atoms with Crippen molar-refractivity contribution in [2.45, 2.75) is 50.2 Å². The lowest BCUT2D eigenvalue weighted by Gasteiger charge is -2.48. The third-order valence-electron chi connectivity index (χ3n) is 6.03. The molecule has 2 fully saturated rings. The van der Waals surface area contributed by atoms with Gasteiger partial charge in [-0.2, -0.15) is 0 Å². The number of amides is 2. The summed E-state index contributed by atoms with van der Waals surface area (Å²) in [7, 11) is 0. The molecular formula is C23H25BrClN3O2. The first-order chi connectivity index (χ1) is 14.5. The van der Waals surface area contributed by atoms with Crippen molar-refractivity contribution in [1.29, 1.82) is 0 Å². The molecule has 2 heterocycles. The summed E-state index contributed by atoms with van der Waals surface area (Å²) in [5.74, 6) is -0.0515. The van der Waals surface area contributed by atoms with E-state index in [2.05, 4.69) is 31.5 Å². The van der Waals surface area contributed by atoms with Gasteiger partial charge >= 0.3 is 0 Å². The molecule has 7 heteroatoms. The molecular weight excluding hydrogens is 466 g/mol. The number of nitrogens with zero attached hydrogens (tertiary/aromatic N) is 1. The molecule has 2 unspecified atom stereocenters. The van der Waals surface area contributed by atoms with Crippen LogP contribution in [-0.4, -0.2) is 41.4 Å². The molecule has 2 aliphatic rings. The Morgan fingerprint density at radius 3 is 2.37 bits per heavy atom. The fraction of sp³-hybridized carbons (Fsp3) is 0.391. The highest BCUT2D eigenvalue weighted by molar-refractivity contribution is 9.10. The molecule has 2 N–H and O–H groups in total. The first kappa shape index (κ1) is 21.3. The van der Waals surface area contributed by atoms with Gasteiger partial charge in [0.15, 0.2) is 0 Å². The van der Waals surface area contributed by atoms with Crippen LogP contribution in [-0.2, 0) is 4.79 Å². The van der Waals surface area contributed by atoms with Gasteiger partial charge in [-0.15, -0.1) is 0 Å². The van der Waals surface area contributed by atoms with Crippen LogP contribution in [0.4, 0.5) is 5.69 Å². The number of hydrogen-bond acceptors (Lipinski definition) is 3. The average Bonchev–Trinajstić information content (AvgIpc) is 2.70. The maximum Gasteiger partial charge on any atom is 0.252 e. The second kappa shape index (κ2) is 9.50. The molecule has 30 heavy (non-hydrogen) atoms. The molecule has 0 aliphatic carbocycles. The quantitative estimate of drug-likeness (QED) is 0.629. The summed E-state index contributed by atoms with van der Waals surface area (Å²) in [6.07, 6.45) is 5.05. The summed E-state index contributed by atoms with van der Waals surface area (Å²) in [6, 6.07) is 15.4. The third-order valence-corrected chi connectivity index (χ3v) is 6.98. The summed E-state index contributed by atoms with van der Waals surface area (Å²) in [6.45, 7) is 0.378. The van der Waals surface area contributed by atoms with Crippen molar-refractivity contribution in [2.75, 3.05) is 11.9 Å². The predicted molar refractivity (Wildman–Crippen MR) is 123 cm³/mol. The van der Waals surface area contributed by atoms with Gasteiger partial charge in [-0.3, -0.25) is 14.5 Å². The second-order valence-corrected chi connectivity index (χ2v) is 9.38. The molecule has 2 amide bonds. The number of fused-ring (bicyclic) bond motifs is 2. The van der Waals surface area contributed by atoms with Crippen molar-refractivity contribution in [3.05, 3.63) is 63.6 Å². The van der Waals surface area contributed by atoms with E-state index in [1.807, 2.05) is 36.4 Å². The van der Waals surface area contributed by atoms with Crippen LogP contribution in [0.15, 0.2) is 53.0 Å². The van der Waals surface area contributed by atoms with Gasteiger partial charge in [-0.05, 0) is 78.0 Å². The fourth-order valence-electron chi connectivity index (χ4n) is 4.66. The van der Waals surface area contributed by atoms with Crippen LogP contribution < -0.4 is 10.6 Å². The number of carbonyl (C=O) groups is 2. The van der Waals surface area contributed by atoms with Crippen LogP contribution in [0.25, 0.3) is 0 Å². The molecule has 0 saturated carbocycles. The number of anilines is 1. The Morgan fingerprint density at radius 1 is 1.03 bits per heavy atom. The van der Waals surface area contributed by atoms with Gasteiger partial charge < -0.3 is 10.6 Å². The van der Waals surface area contributed by atoms with E-state index < -0.39 is 0 Å². The minimum absolute atomic E-state index is 0.00933. The number of piperidine rings is 2. The van der Waals surface area contributed by atoms with Gasteiger partial charge in [0.25, 0.3) is 5.91 Å². The highest BCUT2D eigenvalue weighted by Gasteiger charge is 2.39. The van der Waals surface area contributed by atoms with E-state index in [1.165, 1.54) is 6.42 Å². The van der Waals surface area contributed by atoms with Crippen molar-refractivity contribution in [3.63, 3.8) is 0 Å². The minimum atomic E-state index is -0.0421. The number of nitrogens with one attached hydrogen (secondary N) is 2. The van der Waals surface area contributed by atoms with Gasteiger partial charge in [0.2, 0.25) is 5.91 Å². The van der Waals surface area contributed by atoms with Gasteiger partial charge in [-0.1, -0.05) is 30.2 Å². The largest absolute Gasteiger partial charge is 0.349 e. The van der Waals surface area contributed by atoms with Gasteiger partial charge in [0.05, 0.1) is 12.1 Å². The zero-order valence-electron chi connectivity index (χ0n) is 16.6. The summed E-state index contributed by atoms with van der Waals surface area (Å²) in [5, 5.41) is 6.83. The summed E-state index contributed by atoms with van der Waals surface area (Å²) < 4.78 is 0.805. The van der Waals surface area contributed by atoms with Crippen LogP contribution in [0.5, 0.6) is 0 Å². The van der Waals surface area contributed by atoms with Gasteiger partial charge in [-0.25, -0.2) is 0 Å². The SMILES string of the molecule is O=C(CN1C2CCCC1CC(NC(=O)c1ccccc1Br)C2)Nc1ccc(Cl)cc1. The molecule has 2 atom stereocenters.